The first-order valence-corrected chi connectivity index (χ1v) is 14.3. The van der Waals surface area contributed by atoms with Gasteiger partial charge in [0.2, 0.25) is 5.82 Å². The van der Waals surface area contributed by atoms with Gasteiger partial charge in [-0.1, -0.05) is 18.0 Å². The molecule has 3 aromatic rings. The van der Waals surface area contributed by atoms with Crippen molar-refractivity contribution in [3.05, 3.63) is 58.6 Å². The summed E-state index contributed by atoms with van der Waals surface area (Å²) in [5.41, 5.74) is 1.74. The van der Waals surface area contributed by atoms with Crippen molar-refractivity contribution in [1.29, 1.82) is 0 Å². The van der Waals surface area contributed by atoms with Crippen molar-refractivity contribution in [3.63, 3.8) is 0 Å². The van der Waals surface area contributed by atoms with Gasteiger partial charge < -0.3 is 15.2 Å². The molecule has 0 amide bonds. The molecule has 2 atom stereocenters. The van der Waals surface area contributed by atoms with Gasteiger partial charge in [-0.15, -0.1) is 0 Å². The SMILES string of the molecule is OC(NCC(c1cnc(C(F)(F)F)nc1)N1CCCCC1)c1c(Cl)ccc2nc(NCCN3CCOCC3)ccc12. The maximum atomic E-state index is 13.0. The van der Waals surface area contributed by atoms with Crippen LogP contribution in [0, 0.1) is 0 Å². The third kappa shape index (κ3) is 7.62. The monoisotopic (exact) mass is 593 g/mol. The van der Waals surface area contributed by atoms with E-state index in [1.807, 2.05) is 18.2 Å². The molecule has 13 heteroatoms. The zero-order valence-electron chi connectivity index (χ0n) is 22.7. The zero-order valence-corrected chi connectivity index (χ0v) is 23.5. The van der Waals surface area contributed by atoms with Crippen LogP contribution >= 0.6 is 11.6 Å². The Balaban J connectivity index is 1.29. The summed E-state index contributed by atoms with van der Waals surface area (Å²) in [5.74, 6) is -0.439. The van der Waals surface area contributed by atoms with Crippen LogP contribution < -0.4 is 10.6 Å². The van der Waals surface area contributed by atoms with Crippen LogP contribution in [0.2, 0.25) is 5.02 Å². The molecule has 4 heterocycles. The quantitative estimate of drug-likeness (QED) is 0.298. The second kappa shape index (κ2) is 13.6. The van der Waals surface area contributed by atoms with E-state index in [9.17, 15) is 18.3 Å². The van der Waals surface area contributed by atoms with Gasteiger partial charge in [0.25, 0.3) is 0 Å². The molecule has 0 saturated carbocycles. The van der Waals surface area contributed by atoms with Crippen LogP contribution in [0.1, 0.15) is 48.5 Å². The molecular weight excluding hydrogens is 559 g/mol. The van der Waals surface area contributed by atoms with Crippen molar-refractivity contribution < 1.29 is 23.0 Å². The van der Waals surface area contributed by atoms with Crippen molar-refractivity contribution in [1.82, 2.24) is 30.1 Å². The standard InChI is InChI=1S/C28H35ClF3N7O2/c29-21-5-6-22-20(4-7-24(37-22)33-8-11-38-12-14-41-15-13-38)25(21)26(40)34-18-23(39-9-2-1-3-10-39)19-16-35-27(36-17-19)28(30,31)32/h4-7,16-17,23,26,34,40H,1-3,8-15,18H2,(H,33,37). The number of likely N-dealkylation sites (tertiary alicyclic amines) is 1. The van der Waals surface area contributed by atoms with Crippen LogP contribution in [-0.2, 0) is 10.9 Å². The van der Waals surface area contributed by atoms with Crippen LogP contribution in [0.25, 0.3) is 10.9 Å². The summed E-state index contributed by atoms with van der Waals surface area (Å²) in [7, 11) is 0. The molecule has 0 spiro atoms. The topological polar surface area (TPSA) is 98.7 Å². The molecule has 2 saturated heterocycles. The molecule has 41 heavy (non-hydrogen) atoms. The third-order valence-electron chi connectivity index (χ3n) is 7.62. The fourth-order valence-electron chi connectivity index (χ4n) is 5.41. The Labute approximate surface area is 242 Å². The Morgan fingerprint density at radius 2 is 1.73 bits per heavy atom. The summed E-state index contributed by atoms with van der Waals surface area (Å²) in [6, 6.07) is 6.96. The summed E-state index contributed by atoms with van der Waals surface area (Å²) < 4.78 is 44.5. The smallest absolute Gasteiger partial charge is 0.379 e. The van der Waals surface area contributed by atoms with E-state index < -0.39 is 18.2 Å². The van der Waals surface area contributed by atoms with Gasteiger partial charge in [0.1, 0.15) is 12.0 Å². The number of piperidine rings is 1. The molecular formula is C28H35ClF3N7O2. The minimum atomic E-state index is -4.61. The predicted molar refractivity (Wildman–Crippen MR) is 151 cm³/mol. The number of rotatable bonds is 10. The molecule has 1 aromatic carbocycles. The Morgan fingerprint density at radius 1 is 1.00 bits per heavy atom. The van der Waals surface area contributed by atoms with Gasteiger partial charge in [-0.25, -0.2) is 15.0 Å². The molecule has 222 valence electrons. The van der Waals surface area contributed by atoms with Crippen LogP contribution in [0.4, 0.5) is 19.0 Å². The number of aromatic nitrogens is 3. The Morgan fingerprint density at radius 3 is 2.44 bits per heavy atom. The van der Waals surface area contributed by atoms with E-state index in [-0.39, 0.29) is 12.6 Å². The molecule has 2 aliphatic heterocycles. The number of nitrogens with one attached hydrogen (secondary N) is 2. The number of hydrogen-bond acceptors (Lipinski definition) is 9. The van der Waals surface area contributed by atoms with E-state index in [1.165, 1.54) is 12.4 Å². The number of benzene rings is 1. The number of morpholine rings is 1. The lowest BCUT2D eigenvalue weighted by Gasteiger charge is -2.35. The summed E-state index contributed by atoms with van der Waals surface area (Å²) >= 11 is 6.55. The van der Waals surface area contributed by atoms with Crippen molar-refractivity contribution in [2.75, 3.05) is 64.3 Å². The normalized spacial score (nSPS) is 18.9. The highest BCUT2D eigenvalue weighted by molar-refractivity contribution is 6.32. The number of aliphatic hydroxyl groups is 1. The molecule has 9 nitrogen and oxygen atoms in total. The maximum Gasteiger partial charge on any atom is 0.451 e. The van der Waals surface area contributed by atoms with Crippen molar-refractivity contribution >= 4 is 28.3 Å². The van der Waals surface area contributed by atoms with Gasteiger partial charge in [0, 0.05) is 66.7 Å². The van der Waals surface area contributed by atoms with E-state index in [0.717, 1.165) is 77.6 Å². The minimum Gasteiger partial charge on any atom is -0.379 e. The van der Waals surface area contributed by atoms with Gasteiger partial charge >= 0.3 is 6.18 Å². The van der Waals surface area contributed by atoms with Crippen LogP contribution in [-0.4, -0.2) is 88.9 Å². The summed E-state index contributed by atoms with van der Waals surface area (Å²) in [4.78, 5) is 16.4. The lowest BCUT2D eigenvalue weighted by Crippen LogP contribution is -2.40. The van der Waals surface area contributed by atoms with E-state index >= 15 is 0 Å². The second-order valence-electron chi connectivity index (χ2n) is 10.4. The second-order valence-corrected chi connectivity index (χ2v) is 10.8. The fraction of sp³-hybridized carbons (Fsp3) is 0.536. The number of pyridine rings is 1. The Bertz CT molecular complexity index is 1290. The van der Waals surface area contributed by atoms with Crippen molar-refractivity contribution in [3.8, 4) is 0 Å². The van der Waals surface area contributed by atoms with Gasteiger partial charge in [-0.3, -0.25) is 15.1 Å². The predicted octanol–water partition coefficient (Wildman–Crippen LogP) is 4.25. The Hall–Kier alpha value is -2.61. The highest BCUT2D eigenvalue weighted by Gasteiger charge is 2.35. The molecule has 0 radical (unpaired) electrons. The van der Waals surface area contributed by atoms with Crippen LogP contribution in [0.15, 0.2) is 36.7 Å². The highest BCUT2D eigenvalue weighted by atomic mass is 35.5. The molecule has 2 aliphatic rings. The first-order valence-electron chi connectivity index (χ1n) is 14.0. The molecule has 5 rings (SSSR count). The van der Waals surface area contributed by atoms with Gasteiger partial charge in [-0.05, 0) is 50.2 Å². The van der Waals surface area contributed by atoms with Crippen molar-refractivity contribution in [2.45, 2.75) is 37.7 Å². The number of ether oxygens (including phenoxy) is 1. The van der Waals surface area contributed by atoms with Crippen molar-refractivity contribution in [2.24, 2.45) is 0 Å². The highest BCUT2D eigenvalue weighted by Crippen LogP contribution is 2.32. The average Bonchev–Trinajstić information content (AvgIpc) is 2.98. The van der Waals surface area contributed by atoms with Crippen LogP contribution in [0.3, 0.4) is 0 Å². The first-order chi connectivity index (χ1) is 19.8. The molecule has 2 aromatic heterocycles. The lowest BCUT2D eigenvalue weighted by atomic mass is 10.0. The maximum absolute atomic E-state index is 13.0. The number of aliphatic hydroxyl groups excluding tert-OH is 1. The van der Waals surface area contributed by atoms with Gasteiger partial charge in [-0.2, -0.15) is 13.2 Å². The third-order valence-corrected chi connectivity index (χ3v) is 7.95. The molecule has 2 fully saturated rings. The number of halogens is 4. The Kier molecular flexibility index (Phi) is 9.89. The van der Waals surface area contributed by atoms with Gasteiger partial charge in [0.15, 0.2) is 0 Å². The van der Waals surface area contributed by atoms with E-state index in [4.69, 9.17) is 21.3 Å². The summed E-state index contributed by atoms with van der Waals surface area (Å²) in [6.45, 7) is 6.84. The average molecular weight is 594 g/mol. The summed E-state index contributed by atoms with van der Waals surface area (Å²) in [5, 5.41) is 18.9. The molecule has 2 unspecified atom stereocenters. The number of anilines is 1. The van der Waals surface area contributed by atoms with Gasteiger partial charge in [0.05, 0.1) is 24.8 Å². The largest absolute Gasteiger partial charge is 0.451 e. The minimum absolute atomic E-state index is 0.261. The number of alkyl halides is 3. The van der Waals surface area contributed by atoms with E-state index in [1.54, 1.807) is 6.07 Å². The molecule has 3 N–H and O–H groups in total. The van der Waals surface area contributed by atoms with Crippen LogP contribution in [0.5, 0.6) is 0 Å². The number of fused-ring (bicyclic) bond motifs is 1. The zero-order chi connectivity index (χ0) is 28.8. The lowest BCUT2D eigenvalue weighted by molar-refractivity contribution is -0.145. The summed E-state index contributed by atoms with van der Waals surface area (Å²) in [6.07, 6.45) is -0.197. The molecule has 0 bridgehead atoms. The number of nitrogens with zero attached hydrogens (tertiary/aromatic N) is 5. The molecule has 0 aliphatic carbocycles. The fourth-order valence-corrected chi connectivity index (χ4v) is 5.68. The number of hydrogen-bond donors (Lipinski definition) is 3. The first kappa shape index (κ1) is 29.9. The van der Waals surface area contributed by atoms with E-state index in [2.05, 4.69) is 30.4 Å². The van der Waals surface area contributed by atoms with E-state index in [0.29, 0.717) is 27.1 Å².